The summed E-state index contributed by atoms with van der Waals surface area (Å²) >= 11 is 0.159. The van der Waals surface area contributed by atoms with Gasteiger partial charge < -0.3 is 31.3 Å². The Balaban J connectivity index is 1.72. The van der Waals surface area contributed by atoms with Crippen LogP contribution in [0.2, 0.25) is 0 Å². The molecular weight excluding hydrogens is 561 g/mol. The van der Waals surface area contributed by atoms with Crippen molar-refractivity contribution in [2.24, 2.45) is 5.10 Å². The molecule has 0 bridgehead atoms. The summed E-state index contributed by atoms with van der Waals surface area (Å²) in [5.74, 6) is -4.34. The number of halogens is 1. The van der Waals surface area contributed by atoms with Gasteiger partial charge in [-0.15, -0.1) is 0 Å². The van der Waals surface area contributed by atoms with E-state index in [1.54, 1.807) is 54.7 Å². The number of nitrogens with one attached hydrogen (secondary N) is 4. The minimum atomic E-state index is -1.49. The monoisotopic (exact) mass is 591 g/mol. The van der Waals surface area contributed by atoms with Crippen LogP contribution in [0.4, 0.5) is 14.4 Å². The molecule has 3 amide bonds. The van der Waals surface area contributed by atoms with Crippen LogP contribution in [0.5, 0.6) is 0 Å². The Morgan fingerprint density at radius 3 is 2.02 bits per heavy atom. The average molecular weight is 592 g/mol. The van der Waals surface area contributed by atoms with E-state index in [0.717, 1.165) is 5.56 Å². The first-order valence-electron chi connectivity index (χ1n) is 12.4. The highest BCUT2D eigenvalue weighted by atomic mass is 32.2. The largest absolute Gasteiger partial charge is 0.481 e. The number of unbranched alkanes of at least 4 members (excludes halogenated alkanes) is 1. The van der Waals surface area contributed by atoms with Crippen LogP contribution >= 0.6 is 12.1 Å². The lowest BCUT2D eigenvalue weighted by Crippen LogP contribution is -2.51. The number of hydrogen-bond acceptors (Lipinski definition) is 8. The molecule has 220 valence electrons. The standard InChI is InChI=1S/C26H30FN5O8S/c27-41-19-10-4-16(5-11-19)15-29-32-18-8-6-17(7-9-18)23(35)28-14-2-1-3-20(24(36)37)30-26(40)31-21(25(38)39)12-13-22(33)34/h4-11,15,20-21,32H,1-3,12-14H2,(H,28,35)(H,33,34)(H,36,37)(H,38,39)(H2,30,31,40)/b29-15+. The number of carbonyl (C=O) groups excluding carboxylic acids is 2. The first-order valence-corrected chi connectivity index (χ1v) is 13.1. The van der Waals surface area contributed by atoms with Crippen LogP contribution in [0.25, 0.3) is 0 Å². The van der Waals surface area contributed by atoms with E-state index in [1.165, 1.54) is 0 Å². The Kier molecular flexibility index (Phi) is 13.6. The number of nitrogens with zero attached hydrogens (tertiary/aromatic N) is 1. The van der Waals surface area contributed by atoms with Crippen molar-refractivity contribution in [2.45, 2.75) is 49.1 Å². The summed E-state index contributed by atoms with van der Waals surface area (Å²) in [4.78, 5) is 58.2. The molecule has 0 saturated carbocycles. The van der Waals surface area contributed by atoms with E-state index in [9.17, 15) is 33.0 Å². The third-order valence-corrected chi connectivity index (χ3v) is 6.03. The van der Waals surface area contributed by atoms with E-state index < -0.39 is 42.4 Å². The van der Waals surface area contributed by atoms with Crippen molar-refractivity contribution < 1.29 is 43.2 Å². The number of carboxylic acids is 3. The highest BCUT2D eigenvalue weighted by molar-refractivity contribution is 7.94. The highest BCUT2D eigenvalue weighted by Gasteiger charge is 2.24. The van der Waals surface area contributed by atoms with E-state index in [0.29, 0.717) is 29.0 Å². The molecule has 0 heterocycles. The molecule has 0 spiro atoms. The summed E-state index contributed by atoms with van der Waals surface area (Å²) in [6.45, 7) is 0.248. The van der Waals surface area contributed by atoms with E-state index in [4.69, 9.17) is 10.2 Å². The van der Waals surface area contributed by atoms with Crippen LogP contribution in [-0.2, 0) is 14.4 Å². The molecule has 0 aliphatic rings. The van der Waals surface area contributed by atoms with Crippen molar-refractivity contribution in [1.29, 1.82) is 0 Å². The summed E-state index contributed by atoms with van der Waals surface area (Å²) in [7, 11) is 0. The molecule has 2 aromatic carbocycles. The van der Waals surface area contributed by atoms with Crippen LogP contribution in [0.3, 0.4) is 0 Å². The number of anilines is 1. The maximum absolute atomic E-state index is 12.5. The zero-order valence-corrected chi connectivity index (χ0v) is 22.5. The molecule has 2 atom stereocenters. The summed E-state index contributed by atoms with van der Waals surface area (Å²) in [5, 5.41) is 38.2. The lowest BCUT2D eigenvalue weighted by atomic mass is 10.1. The number of benzene rings is 2. The maximum Gasteiger partial charge on any atom is 0.326 e. The molecule has 41 heavy (non-hydrogen) atoms. The molecule has 0 aromatic heterocycles. The van der Waals surface area contributed by atoms with Crippen molar-refractivity contribution in [3.05, 3.63) is 59.7 Å². The zero-order chi connectivity index (χ0) is 30.2. The maximum atomic E-state index is 12.5. The fraction of sp³-hybridized carbons (Fsp3) is 0.308. The van der Waals surface area contributed by atoms with Crippen LogP contribution in [0.1, 0.15) is 48.0 Å². The molecule has 13 nitrogen and oxygen atoms in total. The molecule has 0 aliphatic heterocycles. The van der Waals surface area contributed by atoms with E-state index >= 15 is 0 Å². The molecule has 2 aromatic rings. The second-order valence-electron chi connectivity index (χ2n) is 8.68. The Labute approximate surface area is 238 Å². The SMILES string of the molecule is O=C(O)CCC(NC(=O)NC(CCCCNC(=O)c1ccc(N/N=C/c2ccc(SF)cc2)cc1)C(=O)O)C(=O)O. The number of rotatable bonds is 17. The van der Waals surface area contributed by atoms with Gasteiger partial charge in [-0.05, 0) is 67.6 Å². The number of hydrogen-bond donors (Lipinski definition) is 7. The van der Waals surface area contributed by atoms with Crippen molar-refractivity contribution in [3.63, 3.8) is 0 Å². The Bertz CT molecular complexity index is 1230. The van der Waals surface area contributed by atoms with Crippen molar-refractivity contribution in [3.8, 4) is 0 Å². The minimum Gasteiger partial charge on any atom is -0.481 e. The molecule has 2 rings (SSSR count). The molecule has 0 aliphatic carbocycles. The highest BCUT2D eigenvalue weighted by Crippen LogP contribution is 2.18. The number of carbonyl (C=O) groups is 5. The van der Waals surface area contributed by atoms with Gasteiger partial charge in [-0.3, -0.25) is 15.0 Å². The van der Waals surface area contributed by atoms with E-state index in [2.05, 4.69) is 26.5 Å². The molecule has 0 saturated heterocycles. The van der Waals surface area contributed by atoms with Crippen LogP contribution in [0, 0.1) is 0 Å². The van der Waals surface area contributed by atoms with Gasteiger partial charge in [0.15, 0.2) is 0 Å². The third kappa shape index (κ3) is 12.4. The molecule has 0 radical (unpaired) electrons. The van der Waals surface area contributed by atoms with Gasteiger partial charge in [0.2, 0.25) is 0 Å². The lowest BCUT2D eigenvalue weighted by molar-refractivity contribution is -0.140. The second kappa shape index (κ2) is 17.1. The summed E-state index contributed by atoms with van der Waals surface area (Å²) in [6, 6.07) is 9.40. The third-order valence-electron chi connectivity index (χ3n) is 5.58. The van der Waals surface area contributed by atoms with Gasteiger partial charge in [0.25, 0.3) is 5.91 Å². The Morgan fingerprint density at radius 1 is 0.854 bits per heavy atom. The predicted molar refractivity (Wildman–Crippen MR) is 149 cm³/mol. The molecule has 7 N–H and O–H groups in total. The fourth-order valence-corrected chi connectivity index (χ4v) is 3.64. The number of amides is 3. The topological polar surface area (TPSA) is 207 Å². The lowest BCUT2D eigenvalue weighted by Gasteiger charge is -2.18. The van der Waals surface area contributed by atoms with Gasteiger partial charge in [0.1, 0.15) is 12.1 Å². The number of urea groups is 1. The van der Waals surface area contributed by atoms with Gasteiger partial charge in [-0.1, -0.05) is 12.1 Å². The second-order valence-corrected chi connectivity index (χ2v) is 9.30. The average Bonchev–Trinajstić information content (AvgIpc) is 2.94. The summed E-state index contributed by atoms with van der Waals surface area (Å²) < 4.78 is 12.5. The zero-order valence-electron chi connectivity index (χ0n) is 21.7. The van der Waals surface area contributed by atoms with Crippen molar-refractivity contribution in [2.75, 3.05) is 12.0 Å². The number of carboxylic acid groups (broad SMARTS) is 3. The van der Waals surface area contributed by atoms with E-state index in [-0.39, 0.29) is 37.4 Å². The quantitative estimate of drug-likeness (QED) is 0.0813. The molecular formula is C26H30FN5O8S. The normalized spacial score (nSPS) is 12.2. The fourth-order valence-electron chi connectivity index (χ4n) is 3.40. The first kappa shape index (κ1) is 32.6. The summed E-state index contributed by atoms with van der Waals surface area (Å²) in [5.41, 5.74) is 4.65. The van der Waals surface area contributed by atoms with Gasteiger partial charge in [0.05, 0.1) is 24.0 Å². The molecule has 2 unspecified atom stereocenters. The minimum absolute atomic E-state index is 0.0192. The van der Waals surface area contributed by atoms with Gasteiger partial charge >= 0.3 is 23.9 Å². The Hall–Kier alpha value is -4.66. The van der Waals surface area contributed by atoms with Gasteiger partial charge in [-0.25, -0.2) is 14.4 Å². The number of hydrazone groups is 1. The smallest absolute Gasteiger partial charge is 0.326 e. The summed E-state index contributed by atoms with van der Waals surface area (Å²) in [6.07, 6.45) is 1.48. The van der Waals surface area contributed by atoms with E-state index in [1.807, 2.05) is 0 Å². The predicted octanol–water partition coefficient (Wildman–Crippen LogP) is 3.08. The van der Waals surface area contributed by atoms with Crippen LogP contribution < -0.4 is 21.4 Å². The van der Waals surface area contributed by atoms with Crippen molar-refractivity contribution >= 4 is 53.9 Å². The van der Waals surface area contributed by atoms with Gasteiger partial charge in [-0.2, -0.15) is 8.99 Å². The van der Waals surface area contributed by atoms with Crippen LogP contribution in [-0.4, -0.2) is 70.0 Å². The van der Waals surface area contributed by atoms with Crippen molar-refractivity contribution in [1.82, 2.24) is 16.0 Å². The first-order chi connectivity index (χ1) is 19.6. The number of aliphatic carboxylic acids is 3. The molecule has 0 fully saturated rings. The molecule has 15 heteroatoms. The van der Waals surface area contributed by atoms with Gasteiger partial charge in [0, 0.05) is 23.4 Å². The van der Waals surface area contributed by atoms with Crippen LogP contribution in [0.15, 0.2) is 58.5 Å². The Morgan fingerprint density at radius 2 is 1.46 bits per heavy atom.